The van der Waals surface area contributed by atoms with Crippen LogP contribution in [0.4, 0.5) is 0 Å². The second kappa shape index (κ2) is 10.1. The van der Waals surface area contributed by atoms with Crippen molar-refractivity contribution in [1.82, 2.24) is 10.2 Å². The number of halogens is 2. The van der Waals surface area contributed by atoms with Crippen molar-refractivity contribution in [3.05, 3.63) is 51.7 Å². The zero-order chi connectivity index (χ0) is 22.5. The molecule has 1 aromatic heterocycles. The Morgan fingerprint density at radius 3 is 2.65 bits per heavy atom. The lowest BCUT2D eigenvalue weighted by atomic mass is 10.1. The largest absolute Gasteiger partial charge is 0.481 e. The van der Waals surface area contributed by atoms with Crippen LogP contribution in [0.15, 0.2) is 40.3 Å². The van der Waals surface area contributed by atoms with E-state index in [1.807, 2.05) is 0 Å². The third kappa shape index (κ3) is 5.72. The summed E-state index contributed by atoms with van der Waals surface area (Å²) in [4.78, 5) is 37.0. The fraction of sp³-hybridized carbons (Fsp3) is 0.238. The average Bonchev–Trinajstić information content (AvgIpc) is 3.15. The monoisotopic (exact) mass is 480 g/mol. The van der Waals surface area contributed by atoms with Gasteiger partial charge in [0.15, 0.2) is 5.11 Å². The first-order chi connectivity index (χ1) is 14.8. The van der Waals surface area contributed by atoms with Gasteiger partial charge in [-0.15, -0.1) is 0 Å². The van der Waals surface area contributed by atoms with Gasteiger partial charge < -0.3 is 9.52 Å². The number of hydrogen-bond donors (Lipinski definition) is 2. The summed E-state index contributed by atoms with van der Waals surface area (Å²) in [5, 5.41) is 12.1. The Balaban J connectivity index is 1.74. The number of carboxylic acid groups (broad SMARTS) is 1. The van der Waals surface area contributed by atoms with E-state index in [1.54, 1.807) is 30.3 Å². The molecule has 0 saturated carbocycles. The topological polar surface area (TPSA) is 99.8 Å². The molecule has 31 heavy (non-hydrogen) atoms. The zero-order valence-electron chi connectivity index (χ0n) is 16.2. The maximum absolute atomic E-state index is 12.8. The van der Waals surface area contributed by atoms with Crippen molar-refractivity contribution in [2.75, 3.05) is 6.54 Å². The van der Waals surface area contributed by atoms with Crippen molar-refractivity contribution in [2.45, 2.75) is 25.7 Å². The molecule has 1 fully saturated rings. The predicted octanol–water partition coefficient (Wildman–Crippen LogP) is 4.53. The van der Waals surface area contributed by atoms with E-state index >= 15 is 0 Å². The van der Waals surface area contributed by atoms with Crippen LogP contribution < -0.4 is 5.32 Å². The Bertz CT molecular complexity index is 1080. The second-order valence-corrected chi connectivity index (χ2v) is 8.03. The van der Waals surface area contributed by atoms with E-state index in [1.165, 1.54) is 11.0 Å². The molecule has 0 bridgehead atoms. The van der Waals surface area contributed by atoms with Gasteiger partial charge in [-0.1, -0.05) is 29.6 Å². The van der Waals surface area contributed by atoms with Gasteiger partial charge in [-0.25, -0.2) is 0 Å². The highest BCUT2D eigenvalue weighted by Gasteiger charge is 2.33. The van der Waals surface area contributed by atoms with Crippen LogP contribution >= 0.6 is 35.4 Å². The predicted molar refractivity (Wildman–Crippen MR) is 121 cm³/mol. The minimum absolute atomic E-state index is 0.0264. The van der Waals surface area contributed by atoms with Crippen molar-refractivity contribution < 1.29 is 23.9 Å². The average molecular weight is 481 g/mol. The first kappa shape index (κ1) is 23.0. The maximum Gasteiger partial charge on any atom is 0.303 e. The Labute approximate surface area is 193 Å². The third-order valence-electron chi connectivity index (χ3n) is 4.57. The smallest absolute Gasteiger partial charge is 0.303 e. The van der Waals surface area contributed by atoms with Crippen LogP contribution in [0, 0.1) is 0 Å². The van der Waals surface area contributed by atoms with E-state index in [0.717, 1.165) is 0 Å². The van der Waals surface area contributed by atoms with Gasteiger partial charge >= 0.3 is 5.97 Å². The molecule has 2 aromatic rings. The SMILES string of the molecule is O=C(O)CCCCCN1C(=O)/C(=C/c2ccc(-c3ccc(Cl)cc3Cl)o2)C(=O)NC1=S. The number of furan rings is 1. The minimum atomic E-state index is -0.861. The number of carboxylic acids is 1. The Morgan fingerprint density at radius 2 is 1.94 bits per heavy atom. The molecular formula is C21H18Cl2N2O5S. The quantitative estimate of drug-likeness (QED) is 0.249. The highest BCUT2D eigenvalue weighted by molar-refractivity contribution is 7.80. The maximum atomic E-state index is 12.8. The van der Waals surface area contributed by atoms with E-state index in [0.29, 0.717) is 46.4 Å². The van der Waals surface area contributed by atoms with Gasteiger partial charge in [0.2, 0.25) is 0 Å². The summed E-state index contributed by atoms with van der Waals surface area (Å²) in [6, 6.07) is 8.28. The van der Waals surface area contributed by atoms with Gasteiger partial charge in [0, 0.05) is 23.6 Å². The minimum Gasteiger partial charge on any atom is -0.481 e. The van der Waals surface area contributed by atoms with Crippen LogP contribution in [0.5, 0.6) is 0 Å². The van der Waals surface area contributed by atoms with Gasteiger partial charge in [-0.3, -0.25) is 24.6 Å². The molecule has 1 aliphatic heterocycles. The first-order valence-corrected chi connectivity index (χ1v) is 10.6. The van der Waals surface area contributed by atoms with Crippen LogP contribution in [0.2, 0.25) is 10.0 Å². The molecule has 162 valence electrons. The van der Waals surface area contributed by atoms with Gasteiger partial charge in [0.1, 0.15) is 17.1 Å². The first-order valence-electron chi connectivity index (χ1n) is 9.42. The summed E-state index contributed by atoms with van der Waals surface area (Å²) in [6.07, 6.45) is 3.10. The fourth-order valence-electron chi connectivity index (χ4n) is 3.03. The molecule has 0 unspecified atom stereocenters. The number of hydrogen-bond acceptors (Lipinski definition) is 5. The Hall–Kier alpha value is -2.68. The van der Waals surface area contributed by atoms with Crippen LogP contribution in [-0.4, -0.2) is 39.4 Å². The van der Waals surface area contributed by atoms with Crippen LogP contribution in [0.3, 0.4) is 0 Å². The van der Waals surface area contributed by atoms with Crippen molar-refractivity contribution in [1.29, 1.82) is 0 Å². The number of amides is 2. The van der Waals surface area contributed by atoms with Gasteiger partial charge in [-0.2, -0.15) is 0 Å². The summed E-state index contributed by atoms with van der Waals surface area (Å²) in [5.41, 5.74) is 0.515. The molecule has 0 spiro atoms. The standard InChI is InChI=1S/C21H18Cl2N2O5S/c22-12-5-7-14(16(23)10-12)17-8-6-13(30-17)11-15-19(28)24-21(31)25(20(15)29)9-3-1-2-4-18(26)27/h5-8,10-11H,1-4,9H2,(H,26,27)(H,24,28,31)/b15-11+. The molecule has 10 heteroatoms. The van der Waals surface area contributed by atoms with E-state index in [4.69, 9.17) is 44.9 Å². The van der Waals surface area contributed by atoms with Gasteiger partial charge in [0.25, 0.3) is 11.8 Å². The highest BCUT2D eigenvalue weighted by atomic mass is 35.5. The van der Waals surface area contributed by atoms with E-state index in [2.05, 4.69) is 5.32 Å². The second-order valence-electron chi connectivity index (χ2n) is 6.80. The summed E-state index contributed by atoms with van der Waals surface area (Å²) in [7, 11) is 0. The van der Waals surface area contributed by atoms with Crippen LogP contribution in [-0.2, 0) is 14.4 Å². The van der Waals surface area contributed by atoms with Gasteiger partial charge in [0.05, 0.1) is 5.02 Å². The molecule has 2 heterocycles. The number of unbranched alkanes of at least 4 members (excludes halogenated alkanes) is 2. The number of nitrogens with one attached hydrogen (secondary N) is 1. The molecule has 0 radical (unpaired) electrons. The molecule has 1 aromatic carbocycles. The number of carbonyl (C=O) groups excluding carboxylic acids is 2. The lowest BCUT2D eigenvalue weighted by molar-refractivity contribution is -0.137. The Morgan fingerprint density at radius 1 is 1.16 bits per heavy atom. The lowest BCUT2D eigenvalue weighted by Crippen LogP contribution is -2.54. The number of nitrogens with zero attached hydrogens (tertiary/aromatic N) is 1. The van der Waals surface area contributed by atoms with Crippen molar-refractivity contribution in [2.24, 2.45) is 0 Å². The number of carbonyl (C=O) groups is 3. The molecule has 1 aliphatic rings. The summed E-state index contributed by atoms with van der Waals surface area (Å²) >= 11 is 17.2. The molecule has 2 amide bonds. The van der Waals surface area contributed by atoms with Crippen molar-refractivity contribution in [3.8, 4) is 11.3 Å². The number of benzene rings is 1. The summed E-state index contributed by atoms with van der Waals surface area (Å²) in [6.45, 7) is 0.276. The van der Waals surface area contributed by atoms with Crippen LogP contribution in [0.25, 0.3) is 17.4 Å². The molecule has 7 nitrogen and oxygen atoms in total. The van der Waals surface area contributed by atoms with Gasteiger partial charge in [-0.05, 0) is 61.5 Å². The number of aliphatic carboxylic acids is 1. The van der Waals surface area contributed by atoms with Crippen molar-refractivity contribution >= 4 is 64.4 Å². The number of thiocarbonyl (C=S) groups is 1. The normalized spacial score (nSPS) is 15.5. The summed E-state index contributed by atoms with van der Waals surface area (Å²) in [5.74, 6) is -1.24. The number of rotatable bonds is 8. The van der Waals surface area contributed by atoms with E-state index < -0.39 is 17.8 Å². The molecule has 2 N–H and O–H groups in total. The summed E-state index contributed by atoms with van der Waals surface area (Å²) < 4.78 is 5.74. The molecule has 0 aliphatic carbocycles. The van der Waals surface area contributed by atoms with Crippen LogP contribution in [0.1, 0.15) is 31.4 Å². The van der Waals surface area contributed by atoms with E-state index in [-0.39, 0.29) is 23.7 Å². The van der Waals surface area contributed by atoms with E-state index in [9.17, 15) is 14.4 Å². The molecule has 1 saturated heterocycles. The molecule has 3 rings (SSSR count). The molecular weight excluding hydrogens is 463 g/mol. The zero-order valence-corrected chi connectivity index (χ0v) is 18.5. The molecule has 0 atom stereocenters. The fourth-order valence-corrected chi connectivity index (χ4v) is 3.80. The highest BCUT2D eigenvalue weighted by Crippen LogP contribution is 2.32. The third-order valence-corrected chi connectivity index (χ3v) is 5.44. The Kier molecular flexibility index (Phi) is 7.48. The van der Waals surface area contributed by atoms with Crippen molar-refractivity contribution in [3.63, 3.8) is 0 Å². The lowest BCUT2D eigenvalue weighted by Gasteiger charge is -2.28.